The molecule has 86 valence electrons. The highest BCUT2D eigenvalue weighted by Crippen LogP contribution is 2.22. The van der Waals surface area contributed by atoms with Gasteiger partial charge in [-0.25, -0.2) is 4.39 Å². The highest BCUT2D eigenvalue weighted by Gasteiger charge is 2.05. The Morgan fingerprint density at radius 1 is 1.47 bits per heavy atom. The SMILES string of the molecule is N#Cc1csc(CNc2cccc(F)c2I)c1. The third kappa shape index (κ3) is 2.96. The quantitative estimate of drug-likeness (QED) is 0.843. The number of benzene rings is 1. The number of hydrogen-bond acceptors (Lipinski definition) is 3. The fourth-order valence-electron chi connectivity index (χ4n) is 1.35. The average molecular weight is 358 g/mol. The Morgan fingerprint density at radius 2 is 2.29 bits per heavy atom. The third-order valence-corrected chi connectivity index (χ3v) is 4.22. The molecule has 2 aromatic rings. The van der Waals surface area contributed by atoms with Crippen molar-refractivity contribution in [1.82, 2.24) is 0 Å². The minimum atomic E-state index is -0.223. The van der Waals surface area contributed by atoms with E-state index in [0.717, 1.165) is 10.6 Å². The molecule has 2 rings (SSSR count). The van der Waals surface area contributed by atoms with Crippen LogP contribution in [-0.4, -0.2) is 0 Å². The summed E-state index contributed by atoms with van der Waals surface area (Å²) in [5.74, 6) is -0.223. The molecule has 5 heteroatoms. The Balaban J connectivity index is 2.07. The monoisotopic (exact) mass is 358 g/mol. The molecule has 17 heavy (non-hydrogen) atoms. The summed E-state index contributed by atoms with van der Waals surface area (Å²) in [7, 11) is 0. The van der Waals surface area contributed by atoms with E-state index in [1.165, 1.54) is 17.4 Å². The van der Waals surface area contributed by atoms with Gasteiger partial charge in [-0.3, -0.25) is 0 Å². The second kappa shape index (κ2) is 5.47. The summed E-state index contributed by atoms with van der Waals surface area (Å²) in [5, 5.41) is 13.7. The van der Waals surface area contributed by atoms with E-state index in [2.05, 4.69) is 11.4 Å². The van der Waals surface area contributed by atoms with Gasteiger partial charge in [-0.1, -0.05) is 6.07 Å². The summed E-state index contributed by atoms with van der Waals surface area (Å²) in [6.45, 7) is 0.603. The molecule has 0 bridgehead atoms. The van der Waals surface area contributed by atoms with E-state index in [1.807, 2.05) is 40.1 Å². The lowest BCUT2D eigenvalue weighted by Gasteiger charge is -2.07. The van der Waals surface area contributed by atoms with Crippen LogP contribution in [0.25, 0.3) is 0 Å². The molecule has 0 atom stereocenters. The van der Waals surface area contributed by atoms with Crippen LogP contribution >= 0.6 is 33.9 Å². The minimum Gasteiger partial charge on any atom is -0.379 e. The second-order valence-corrected chi connectivity index (χ2v) is 5.44. The predicted octanol–water partition coefficient (Wildman–Crippen LogP) is 3.98. The van der Waals surface area contributed by atoms with Crippen LogP contribution in [0.1, 0.15) is 10.4 Å². The van der Waals surface area contributed by atoms with Crippen molar-refractivity contribution in [2.24, 2.45) is 0 Å². The molecule has 1 heterocycles. The second-order valence-electron chi connectivity index (χ2n) is 3.37. The fraction of sp³-hybridized carbons (Fsp3) is 0.0833. The number of anilines is 1. The van der Waals surface area contributed by atoms with Crippen molar-refractivity contribution in [3.05, 3.63) is 49.5 Å². The first-order chi connectivity index (χ1) is 8.20. The molecular weight excluding hydrogens is 350 g/mol. The number of nitriles is 1. The van der Waals surface area contributed by atoms with Crippen LogP contribution in [0.4, 0.5) is 10.1 Å². The van der Waals surface area contributed by atoms with Gasteiger partial charge in [0.15, 0.2) is 0 Å². The number of rotatable bonds is 3. The largest absolute Gasteiger partial charge is 0.379 e. The van der Waals surface area contributed by atoms with Gasteiger partial charge < -0.3 is 5.32 Å². The molecule has 1 aromatic heterocycles. The summed E-state index contributed by atoms with van der Waals surface area (Å²) in [6.07, 6.45) is 0. The van der Waals surface area contributed by atoms with Crippen molar-refractivity contribution in [2.75, 3.05) is 5.32 Å². The molecule has 0 amide bonds. The zero-order valence-electron chi connectivity index (χ0n) is 8.71. The predicted molar refractivity (Wildman–Crippen MR) is 75.5 cm³/mol. The lowest BCUT2D eigenvalue weighted by Crippen LogP contribution is -2.00. The smallest absolute Gasteiger partial charge is 0.138 e. The van der Waals surface area contributed by atoms with Crippen LogP contribution < -0.4 is 5.32 Å². The Labute approximate surface area is 116 Å². The standard InChI is InChI=1S/C12H8FIN2S/c13-10-2-1-3-11(12(10)14)16-6-9-4-8(5-15)7-17-9/h1-4,7,16H,6H2. The molecule has 0 aliphatic rings. The average Bonchev–Trinajstić information content (AvgIpc) is 2.79. The Bertz CT molecular complexity index is 574. The van der Waals surface area contributed by atoms with Crippen LogP contribution in [0.3, 0.4) is 0 Å². The molecule has 0 unspecified atom stereocenters. The molecule has 0 radical (unpaired) electrons. The van der Waals surface area contributed by atoms with Crippen LogP contribution in [0, 0.1) is 20.7 Å². The maximum absolute atomic E-state index is 13.3. The van der Waals surface area contributed by atoms with Crippen molar-refractivity contribution < 1.29 is 4.39 Å². The van der Waals surface area contributed by atoms with E-state index in [0.29, 0.717) is 15.7 Å². The number of nitrogens with zero attached hydrogens (tertiary/aromatic N) is 1. The Kier molecular flexibility index (Phi) is 3.97. The van der Waals surface area contributed by atoms with Gasteiger partial charge in [-0.15, -0.1) is 11.3 Å². The minimum absolute atomic E-state index is 0.223. The van der Waals surface area contributed by atoms with Crippen LogP contribution in [0.15, 0.2) is 29.6 Å². The van der Waals surface area contributed by atoms with E-state index in [4.69, 9.17) is 5.26 Å². The topological polar surface area (TPSA) is 35.8 Å². The first-order valence-electron chi connectivity index (χ1n) is 4.86. The maximum atomic E-state index is 13.3. The summed E-state index contributed by atoms with van der Waals surface area (Å²) < 4.78 is 13.9. The molecule has 1 aromatic carbocycles. The van der Waals surface area contributed by atoms with E-state index in [-0.39, 0.29) is 5.82 Å². The van der Waals surface area contributed by atoms with Crippen LogP contribution in [0.5, 0.6) is 0 Å². The summed E-state index contributed by atoms with van der Waals surface area (Å²) in [4.78, 5) is 1.06. The van der Waals surface area contributed by atoms with Crippen molar-refractivity contribution in [2.45, 2.75) is 6.54 Å². The van der Waals surface area contributed by atoms with E-state index < -0.39 is 0 Å². The first kappa shape index (κ1) is 12.3. The normalized spacial score (nSPS) is 9.94. The number of hydrogen-bond donors (Lipinski definition) is 1. The summed E-state index contributed by atoms with van der Waals surface area (Å²) in [5.41, 5.74) is 1.44. The van der Waals surface area contributed by atoms with Gasteiger partial charge in [-0.2, -0.15) is 5.26 Å². The lowest BCUT2D eigenvalue weighted by molar-refractivity contribution is 0.621. The summed E-state index contributed by atoms with van der Waals surface area (Å²) >= 11 is 3.50. The molecule has 0 saturated heterocycles. The number of nitrogens with one attached hydrogen (secondary N) is 1. The highest BCUT2D eigenvalue weighted by molar-refractivity contribution is 14.1. The molecule has 0 saturated carbocycles. The van der Waals surface area contributed by atoms with Crippen LogP contribution in [-0.2, 0) is 6.54 Å². The number of halogens is 2. The Hall–Kier alpha value is -1.13. The maximum Gasteiger partial charge on any atom is 0.138 e. The van der Waals surface area contributed by atoms with E-state index in [9.17, 15) is 4.39 Å². The molecule has 0 spiro atoms. The fourth-order valence-corrected chi connectivity index (χ4v) is 2.65. The van der Waals surface area contributed by atoms with Crippen molar-refractivity contribution >= 4 is 39.6 Å². The van der Waals surface area contributed by atoms with Crippen LogP contribution in [0.2, 0.25) is 0 Å². The number of thiophene rings is 1. The third-order valence-electron chi connectivity index (χ3n) is 2.19. The van der Waals surface area contributed by atoms with Gasteiger partial charge in [0.25, 0.3) is 0 Å². The van der Waals surface area contributed by atoms with Crippen molar-refractivity contribution in [1.29, 1.82) is 5.26 Å². The molecule has 0 aliphatic carbocycles. The van der Waals surface area contributed by atoms with Gasteiger partial charge >= 0.3 is 0 Å². The first-order valence-corrected chi connectivity index (χ1v) is 6.82. The van der Waals surface area contributed by atoms with Gasteiger partial charge in [0, 0.05) is 16.8 Å². The molecular formula is C12H8FIN2S. The van der Waals surface area contributed by atoms with Crippen molar-refractivity contribution in [3.63, 3.8) is 0 Å². The van der Waals surface area contributed by atoms with E-state index in [1.54, 1.807) is 6.07 Å². The zero-order valence-corrected chi connectivity index (χ0v) is 11.7. The van der Waals surface area contributed by atoms with Gasteiger partial charge in [0.05, 0.1) is 14.8 Å². The lowest BCUT2D eigenvalue weighted by atomic mass is 10.3. The molecule has 0 fully saturated rings. The highest BCUT2D eigenvalue weighted by atomic mass is 127. The summed E-state index contributed by atoms with van der Waals surface area (Å²) in [6, 6.07) is 8.87. The van der Waals surface area contributed by atoms with Crippen molar-refractivity contribution in [3.8, 4) is 6.07 Å². The van der Waals surface area contributed by atoms with Gasteiger partial charge in [0.2, 0.25) is 0 Å². The Morgan fingerprint density at radius 3 is 3.00 bits per heavy atom. The van der Waals surface area contributed by atoms with Gasteiger partial charge in [-0.05, 0) is 40.8 Å². The molecule has 0 aliphatic heterocycles. The van der Waals surface area contributed by atoms with Gasteiger partial charge in [0.1, 0.15) is 11.9 Å². The van der Waals surface area contributed by atoms with E-state index >= 15 is 0 Å². The molecule has 2 nitrogen and oxygen atoms in total. The zero-order chi connectivity index (χ0) is 12.3. The molecule has 1 N–H and O–H groups in total.